The molecule has 116 valence electrons. The Bertz CT molecular complexity index is 749. The summed E-state index contributed by atoms with van der Waals surface area (Å²) in [5.41, 5.74) is 0.514. The van der Waals surface area contributed by atoms with Crippen molar-refractivity contribution < 1.29 is 9.32 Å². The molecule has 2 aromatic heterocycles. The first-order valence-corrected chi connectivity index (χ1v) is 7.43. The number of hydrogen-bond acceptors (Lipinski definition) is 5. The Balaban J connectivity index is 1.89. The van der Waals surface area contributed by atoms with E-state index in [0.717, 1.165) is 18.5 Å². The van der Waals surface area contributed by atoms with Crippen molar-refractivity contribution in [3.63, 3.8) is 0 Å². The van der Waals surface area contributed by atoms with E-state index in [1.54, 1.807) is 24.0 Å². The summed E-state index contributed by atoms with van der Waals surface area (Å²) in [6.07, 6.45) is 2.29. The number of hydrogen-bond donors (Lipinski definition) is 1. The van der Waals surface area contributed by atoms with Gasteiger partial charge in [0.2, 0.25) is 5.89 Å². The average molecular weight is 302 g/mol. The van der Waals surface area contributed by atoms with Crippen LogP contribution >= 0.6 is 0 Å². The van der Waals surface area contributed by atoms with Crippen molar-refractivity contribution in [2.24, 2.45) is 0 Å². The molecule has 7 nitrogen and oxygen atoms in total. The minimum atomic E-state index is -0.363. The van der Waals surface area contributed by atoms with Crippen LogP contribution in [0, 0.1) is 6.92 Å². The van der Waals surface area contributed by atoms with Gasteiger partial charge in [-0.15, -0.1) is 0 Å². The molecule has 3 rings (SSSR count). The largest absolute Gasteiger partial charge is 0.339 e. The predicted octanol–water partition coefficient (Wildman–Crippen LogP) is 1.61. The number of carbonyl (C=O) groups excluding carboxylic acids is 1. The summed E-state index contributed by atoms with van der Waals surface area (Å²) >= 11 is 0. The second-order valence-corrected chi connectivity index (χ2v) is 5.44. The molecule has 1 N–H and O–H groups in total. The molecule has 1 amide bonds. The molecule has 0 radical (unpaired) electrons. The first-order chi connectivity index (χ1) is 10.6. The molecule has 1 saturated heterocycles. The molecule has 0 bridgehead atoms. The van der Waals surface area contributed by atoms with Gasteiger partial charge in [0.1, 0.15) is 5.56 Å². The van der Waals surface area contributed by atoms with Crippen LogP contribution in [0.4, 0.5) is 0 Å². The molecule has 2 aromatic rings. The highest BCUT2D eigenvalue weighted by Crippen LogP contribution is 2.31. The van der Waals surface area contributed by atoms with Gasteiger partial charge >= 0.3 is 0 Å². The zero-order chi connectivity index (χ0) is 15.7. The van der Waals surface area contributed by atoms with Crippen LogP contribution in [-0.4, -0.2) is 32.5 Å². The van der Waals surface area contributed by atoms with Crippen LogP contribution in [0.15, 0.2) is 21.5 Å². The Morgan fingerprint density at radius 1 is 1.50 bits per heavy atom. The number of amides is 1. The highest BCUT2D eigenvalue weighted by molar-refractivity contribution is 5.94. The van der Waals surface area contributed by atoms with Crippen molar-refractivity contribution in [3.05, 3.63) is 45.5 Å². The normalized spacial score (nSPS) is 17.9. The van der Waals surface area contributed by atoms with Crippen molar-refractivity contribution in [3.8, 4) is 0 Å². The third-order valence-corrected chi connectivity index (χ3v) is 3.88. The van der Waals surface area contributed by atoms with E-state index >= 15 is 0 Å². The molecule has 0 aliphatic carbocycles. The fourth-order valence-electron chi connectivity index (χ4n) is 2.72. The fourth-order valence-corrected chi connectivity index (χ4v) is 2.72. The maximum absolute atomic E-state index is 12.7. The van der Waals surface area contributed by atoms with Gasteiger partial charge in [-0.2, -0.15) is 4.98 Å². The van der Waals surface area contributed by atoms with Gasteiger partial charge in [-0.1, -0.05) is 12.1 Å². The third kappa shape index (κ3) is 2.54. The molecule has 3 heterocycles. The number of rotatable bonds is 3. The van der Waals surface area contributed by atoms with E-state index in [0.29, 0.717) is 24.7 Å². The van der Waals surface area contributed by atoms with Crippen LogP contribution < -0.4 is 5.56 Å². The molecule has 0 spiro atoms. The van der Waals surface area contributed by atoms with Crippen molar-refractivity contribution in [2.75, 3.05) is 6.54 Å². The van der Waals surface area contributed by atoms with Crippen molar-refractivity contribution in [2.45, 2.75) is 39.2 Å². The number of nitrogens with zero attached hydrogens (tertiary/aromatic N) is 3. The molecule has 0 saturated carbocycles. The second kappa shape index (κ2) is 5.75. The number of nitrogens with one attached hydrogen (secondary N) is 1. The van der Waals surface area contributed by atoms with Gasteiger partial charge < -0.3 is 14.4 Å². The lowest BCUT2D eigenvalue weighted by atomic mass is 10.2. The Morgan fingerprint density at radius 2 is 2.32 bits per heavy atom. The third-order valence-electron chi connectivity index (χ3n) is 3.88. The van der Waals surface area contributed by atoms with Gasteiger partial charge in [0.15, 0.2) is 5.82 Å². The van der Waals surface area contributed by atoms with Gasteiger partial charge in [-0.3, -0.25) is 9.59 Å². The lowest BCUT2D eigenvalue weighted by molar-refractivity contribution is 0.0726. The summed E-state index contributed by atoms with van der Waals surface area (Å²) in [6.45, 7) is 4.30. The van der Waals surface area contributed by atoms with Gasteiger partial charge in [-0.25, -0.2) is 0 Å². The molecule has 0 aromatic carbocycles. The summed E-state index contributed by atoms with van der Waals surface area (Å²) in [4.78, 5) is 33.3. The van der Waals surface area contributed by atoms with E-state index in [2.05, 4.69) is 15.1 Å². The summed E-state index contributed by atoms with van der Waals surface area (Å²) in [7, 11) is 0. The minimum absolute atomic E-state index is 0.150. The number of carbonyl (C=O) groups is 1. The van der Waals surface area contributed by atoms with Crippen molar-refractivity contribution >= 4 is 5.91 Å². The standard InChI is InChI=1S/C15H18N4O3/c1-3-12-17-13(18-22-12)11-5-4-8-19(11)15(21)10-7-6-9(2)16-14(10)20/h6-7,11H,3-5,8H2,1-2H3,(H,16,20)/t11-/m1/s1. The Labute approximate surface area is 127 Å². The molecular weight excluding hydrogens is 284 g/mol. The van der Waals surface area contributed by atoms with Crippen LogP contribution in [0.2, 0.25) is 0 Å². The number of pyridine rings is 1. The van der Waals surface area contributed by atoms with Gasteiger partial charge in [0.25, 0.3) is 11.5 Å². The van der Waals surface area contributed by atoms with Crippen LogP contribution in [0.25, 0.3) is 0 Å². The van der Waals surface area contributed by atoms with E-state index in [9.17, 15) is 9.59 Å². The van der Waals surface area contributed by atoms with Crippen LogP contribution in [0.1, 0.15) is 53.6 Å². The predicted molar refractivity (Wildman–Crippen MR) is 78.5 cm³/mol. The maximum Gasteiger partial charge on any atom is 0.260 e. The second-order valence-electron chi connectivity index (χ2n) is 5.44. The van der Waals surface area contributed by atoms with Crippen molar-refractivity contribution in [1.29, 1.82) is 0 Å². The molecule has 1 atom stereocenters. The summed E-state index contributed by atoms with van der Waals surface area (Å²) < 4.78 is 5.13. The molecule has 22 heavy (non-hydrogen) atoms. The Kier molecular flexibility index (Phi) is 3.79. The summed E-state index contributed by atoms with van der Waals surface area (Å²) in [6, 6.07) is 3.07. The molecule has 0 unspecified atom stereocenters. The lowest BCUT2D eigenvalue weighted by Crippen LogP contribution is -2.34. The van der Waals surface area contributed by atoms with Crippen LogP contribution in [0.5, 0.6) is 0 Å². The molecule has 1 fully saturated rings. The van der Waals surface area contributed by atoms with Crippen LogP contribution in [0.3, 0.4) is 0 Å². The number of aromatic amines is 1. The van der Waals surface area contributed by atoms with E-state index in [1.165, 1.54) is 0 Å². The first-order valence-electron chi connectivity index (χ1n) is 7.43. The quantitative estimate of drug-likeness (QED) is 0.929. The fraction of sp³-hybridized carbons (Fsp3) is 0.467. The van der Waals surface area contributed by atoms with Crippen molar-refractivity contribution in [1.82, 2.24) is 20.0 Å². The van der Waals surface area contributed by atoms with Gasteiger partial charge in [0, 0.05) is 18.7 Å². The maximum atomic E-state index is 12.7. The van der Waals surface area contributed by atoms with E-state index in [4.69, 9.17) is 4.52 Å². The molecule has 1 aliphatic heterocycles. The van der Waals surface area contributed by atoms with Gasteiger partial charge in [-0.05, 0) is 31.9 Å². The molecule has 7 heteroatoms. The summed E-state index contributed by atoms with van der Waals surface area (Å²) in [5, 5.41) is 3.97. The lowest BCUT2D eigenvalue weighted by Gasteiger charge is -2.21. The SMILES string of the molecule is CCc1nc([C@H]2CCCN2C(=O)c2ccc(C)[nH]c2=O)no1. The van der Waals surface area contributed by atoms with E-state index in [-0.39, 0.29) is 23.1 Å². The highest BCUT2D eigenvalue weighted by Gasteiger charge is 2.34. The average Bonchev–Trinajstić information content (AvgIpc) is 3.15. The Morgan fingerprint density at radius 3 is 3.00 bits per heavy atom. The minimum Gasteiger partial charge on any atom is -0.339 e. The number of H-pyrrole nitrogens is 1. The zero-order valence-corrected chi connectivity index (χ0v) is 12.6. The summed E-state index contributed by atoms with van der Waals surface area (Å²) in [5.74, 6) is 0.792. The van der Waals surface area contributed by atoms with E-state index < -0.39 is 0 Å². The smallest absolute Gasteiger partial charge is 0.260 e. The molecular formula is C15H18N4O3. The Hall–Kier alpha value is -2.44. The first kappa shape index (κ1) is 14.5. The topological polar surface area (TPSA) is 92.1 Å². The van der Waals surface area contributed by atoms with E-state index in [1.807, 2.05) is 6.92 Å². The van der Waals surface area contributed by atoms with Gasteiger partial charge in [0.05, 0.1) is 6.04 Å². The number of aromatic nitrogens is 3. The molecule has 1 aliphatic rings. The number of aryl methyl sites for hydroxylation is 2. The van der Waals surface area contributed by atoms with Crippen LogP contribution in [-0.2, 0) is 6.42 Å². The number of likely N-dealkylation sites (tertiary alicyclic amines) is 1. The monoisotopic (exact) mass is 302 g/mol. The highest BCUT2D eigenvalue weighted by atomic mass is 16.5. The zero-order valence-electron chi connectivity index (χ0n) is 12.6.